The molecule has 1 aromatic heterocycles. The normalized spacial score (nSPS) is 20.6. The lowest BCUT2D eigenvalue weighted by Crippen LogP contribution is -2.45. The van der Waals surface area contributed by atoms with E-state index in [2.05, 4.69) is 15.3 Å². The van der Waals surface area contributed by atoms with Gasteiger partial charge in [-0.15, -0.1) is 0 Å². The summed E-state index contributed by atoms with van der Waals surface area (Å²) in [5, 5.41) is 11.7. The van der Waals surface area contributed by atoms with Gasteiger partial charge in [-0.25, -0.2) is 9.78 Å². The summed E-state index contributed by atoms with van der Waals surface area (Å²) in [6.07, 6.45) is 4.10. The highest BCUT2D eigenvalue weighted by Gasteiger charge is 2.28. The maximum absolute atomic E-state index is 11.9. The molecule has 2 atom stereocenters. The van der Waals surface area contributed by atoms with Gasteiger partial charge in [0.05, 0.1) is 6.33 Å². The Balaban J connectivity index is 1.93. The molecule has 0 aliphatic carbocycles. The zero-order chi connectivity index (χ0) is 13.0. The quantitative estimate of drug-likeness (QED) is 0.713. The topological polar surface area (TPSA) is 95.1 Å². The number of aliphatic carboxylic acids is 1. The van der Waals surface area contributed by atoms with E-state index in [0.29, 0.717) is 5.69 Å². The van der Waals surface area contributed by atoms with E-state index >= 15 is 0 Å². The number of carbonyl (C=O) groups is 2. The Labute approximate surface area is 109 Å². The monoisotopic (exact) mass is 269 g/mol. The van der Waals surface area contributed by atoms with Crippen molar-refractivity contribution in [1.29, 1.82) is 0 Å². The van der Waals surface area contributed by atoms with Gasteiger partial charge in [-0.05, 0) is 12.2 Å². The molecular formula is C11H15N3O3S. The summed E-state index contributed by atoms with van der Waals surface area (Å²) < 4.78 is 0. The Morgan fingerprint density at radius 1 is 1.67 bits per heavy atom. The minimum Gasteiger partial charge on any atom is -0.480 e. The van der Waals surface area contributed by atoms with Crippen molar-refractivity contribution in [2.24, 2.45) is 5.92 Å². The smallest absolute Gasteiger partial charge is 0.326 e. The molecule has 18 heavy (non-hydrogen) atoms. The number of carboxylic acids is 1. The van der Waals surface area contributed by atoms with Gasteiger partial charge in [0.15, 0.2) is 0 Å². The first-order chi connectivity index (χ1) is 8.66. The molecule has 1 aromatic rings. The van der Waals surface area contributed by atoms with E-state index in [1.54, 1.807) is 18.0 Å². The van der Waals surface area contributed by atoms with E-state index in [1.807, 2.05) is 0 Å². The number of imidazole rings is 1. The number of aromatic nitrogens is 2. The lowest BCUT2D eigenvalue weighted by molar-refractivity contribution is -0.142. The highest BCUT2D eigenvalue weighted by atomic mass is 32.2. The summed E-state index contributed by atoms with van der Waals surface area (Å²) in [6.45, 7) is 0. The van der Waals surface area contributed by atoms with Crippen molar-refractivity contribution >= 4 is 23.6 Å². The Morgan fingerprint density at radius 3 is 3.06 bits per heavy atom. The van der Waals surface area contributed by atoms with Gasteiger partial charge in [0.25, 0.3) is 0 Å². The van der Waals surface area contributed by atoms with Crippen LogP contribution in [0.3, 0.4) is 0 Å². The highest BCUT2D eigenvalue weighted by molar-refractivity contribution is 7.99. The molecule has 0 aromatic carbocycles. The molecule has 1 amide bonds. The van der Waals surface area contributed by atoms with Gasteiger partial charge < -0.3 is 15.4 Å². The van der Waals surface area contributed by atoms with Gasteiger partial charge >= 0.3 is 5.97 Å². The number of rotatable bonds is 5. The van der Waals surface area contributed by atoms with Crippen molar-refractivity contribution < 1.29 is 14.7 Å². The summed E-state index contributed by atoms with van der Waals surface area (Å²) in [4.78, 5) is 29.7. The molecule has 0 bridgehead atoms. The minimum absolute atomic E-state index is 0.0568. The molecular weight excluding hydrogens is 254 g/mol. The molecule has 1 saturated heterocycles. The first-order valence-electron chi connectivity index (χ1n) is 5.75. The van der Waals surface area contributed by atoms with Crippen LogP contribution in [-0.2, 0) is 16.0 Å². The van der Waals surface area contributed by atoms with E-state index in [1.165, 1.54) is 6.33 Å². The SMILES string of the molecule is O=C(N[C@@H](Cc1cnc[nH]1)C(=O)O)C1CCSC1. The molecule has 1 aliphatic rings. The van der Waals surface area contributed by atoms with Crippen molar-refractivity contribution in [1.82, 2.24) is 15.3 Å². The maximum atomic E-state index is 11.9. The molecule has 1 aliphatic heterocycles. The van der Waals surface area contributed by atoms with E-state index in [4.69, 9.17) is 5.11 Å². The first-order valence-corrected chi connectivity index (χ1v) is 6.90. The Bertz CT molecular complexity index is 415. The molecule has 7 heteroatoms. The summed E-state index contributed by atoms with van der Waals surface area (Å²) in [7, 11) is 0. The van der Waals surface area contributed by atoms with Crippen molar-refractivity contribution in [3.63, 3.8) is 0 Å². The molecule has 0 spiro atoms. The van der Waals surface area contributed by atoms with Crippen LogP contribution in [0.15, 0.2) is 12.5 Å². The number of H-pyrrole nitrogens is 1. The van der Waals surface area contributed by atoms with Gasteiger partial charge in [0.2, 0.25) is 5.91 Å². The number of carbonyl (C=O) groups excluding carboxylic acids is 1. The summed E-state index contributed by atoms with van der Waals surface area (Å²) in [6, 6.07) is -0.899. The number of thioether (sulfide) groups is 1. The lowest BCUT2D eigenvalue weighted by atomic mass is 10.1. The number of carboxylic acid groups (broad SMARTS) is 1. The molecule has 98 valence electrons. The second-order valence-electron chi connectivity index (χ2n) is 4.24. The van der Waals surface area contributed by atoms with Gasteiger partial charge in [-0.3, -0.25) is 4.79 Å². The standard InChI is InChI=1S/C11H15N3O3S/c15-10(7-1-2-18-5-7)14-9(11(16)17)3-8-4-12-6-13-8/h4,6-7,9H,1-3,5H2,(H,12,13)(H,14,15)(H,16,17)/t7?,9-/m0/s1. The zero-order valence-electron chi connectivity index (χ0n) is 9.76. The number of hydrogen-bond acceptors (Lipinski definition) is 4. The maximum Gasteiger partial charge on any atom is 0.326 e. The summed E-state index contributed by atoms with van der Waals surface area (Å²) >= 11 is 1.73. The lowest BCUT2D eigenvalue weighted by Gasteiger charge is -2.16. The van der Waals surface area contributed by atoms with Crippen LogP contribution in [0.4, 0.5) is 0 Å². The Morgan fingerprint density at radius 2 is 2.50 bits per heavy atom. The predicted molar refractivity (Wildman–Crippen MR) is 67.3 cm³/mol. The Kier molecular flexibility index (Phi) is 4.24. The predicted octanol–water partition coefficient (Wildman–Crippen LogP) is 0.275. The van der Waals surface area contributed by atoms with Crippen LogP contribution < -0.4 is 5.32 Å². The number of nitrogens with one attached hydrogen (secondary N) is 2. The van der Waals surface area contributed by atoms with E-state index < -0.39 is 12.0 Å². The first kappa shape index (κ1) is 12.9. The van der Waals surface area contributed by atoms with Gasteiger partial charge in [0, 0.05) is 30.0 Å². The summed E-state index contributed by atoms with van der Waals surface area (Å²) in [5.41, 5.74) is 0.698. The molecule has 3 N–H and O–H groups in total. The molecule has 6 nitrogen and oxygen atoms in total. The van der Waals surface area contributed by atoms with Crippen LogP contribution in [-0.4, -0.2) is 44.5 Å². The van der Waals surface area contributed by atoms with E-state index in [-0.39, 0.29) is 18.2 Å². The van der Waals surface area contributed by atoms with E-state index in [9.17, 15) is 9.59 Å². The fourth-order valence-electron chi connectivity index (χ4n) is 1.85. The van der Waals surface area contributed by atoms with Crippen molar-refractivity contribution in [3.8, 4) is 0 Å². The zero-order valence-corrected chi connectivity index (χ0v) is 10.6. The van der Waals surface area contributed by atoms with Crippen molar-refractivity contribution in [2.75, 3.05) is 11.5 Å². The van der Waals surface area contributed by atoms with Crippen LogP contribution in [0.5, 0.6) is 0 Å². The van der Waals surface area contributed by atoms with Gasteiger partial charge in [0.1, 0.15) is 6.04 Å². The summed E-state index contributed by atoms with van der Waals surface area (Å²) in [5.74, 6) is 0.507. The average molecular weight is 269 g/mol. The van der Waals surface area contributed by atoms with Crippen LogP contribution in [0.25, 0.3) is 0 Å². The van der Waals surface area contributed by atoms with Crippen LogP contribution in [0.2, 0.25) is 0 Å². The molecule has 0 saturated carbocycles. The molecule has 1 unspecified atom stereocenters. The van der Waals surface area contributed by atoms with Crippen LogP contribution in [0, 0.1) is 5.92 Å². The fourth-order valence-corrected chi connectivity index (χ4v) is 3.07. The van der Waals surface area contributed by atoms with Crippen LogP contribution >= 0.6 is 11.8 Å². The third kappa shape index (κ3) is 3.25. The van der Waals surface area contributed by atoms with Crippen LogP contribution in [0.1, 0.15) is 12.1 Å². The number of aromatic amines is 1. The second kappa shape index (κ2) is 5.90. The molecule has 0 radical (unpaired) electrons. The molecule has 1 fully saturated rings. The fraction of sp³-hybridized carbons (Fsp3) is 0.545. The molecule has 2 rings (SSSR count). The minimum atomic E-state index is -1.02. The average Bonchev–Trinajstić information content (AvgIpc) is 3.00. The third-order valence-corrected chi connectivity index (χ3v) is 4.06. The van der Waals surface area contributed by atoms with E-state index in [0.717, 1.165) is 17.9 Å². The Hall–Kier alpha value is -1.50. The number of amides is 1. The van der Waals surface area contributed by atoms with Gasteiger partial charge in [-0.1, -0.05) is 0 Å². The largest absolute Gasteiger partial charge is 0.480 e. The highest BCUT2D eigenvalue weighted by Crippen LogP contribution is 2.23. The third-order valence-electron chi connectivity index (χ3n) is 2.89. The molecule has 2 heterocycles. The van der Waals surface area contributed by atoms with Gasteiger partial charge in [-0.2, -0.15) is 11.8 Å². The number of nitrogens with zero attached hydrogens (tertiary/aromatic N) is 1. The second-order valence-corrected chi connectivity index (χ2v) is 5.39. The number of hydrogen-bond donors (Lipinski definition) is 3. The van der Waals surface area contributed by atoms with Crippen molar-refractivity contribution in [3.05, 3.63) is 18.2 Å². The van der Waals surface area contributed by atoms with Crippen molar-refractivity contribution in [2.45, 2.75) is 18.9 Å².